The van der Waals surface area contributed by atoms with Crippen LogP contribution in [-0.2, 0) is 4.79 Å². The Morgan fingerprint density at radius 2 is 1.59 bits per heavy atom. The van der Waals surface area contributed by atoms with E-state index in [0.717, 1.165) is 49.6 Å². The van der Waals surface area contributed by atoms with E-state index in [-0.39, 0.29) is 11.4 Å². The number of carbonyl (C=O) groups is 1. The van der Waals surface area contributed by atoms with Gasteiger partial charge in [-0.3, -0.25) is 9.69 Å². The average molecular weight is 370 g/mol. The lowest BCUT2D eigenvalue weighted by atomic mass is 9.53. The molecule has 1 aromatic rings. The normalized spacial score (nSPS) is 35.4. The minimum atomic E-state index is 0.115. The summed E-state index contributed by atoms with van der Waals surface area (Å²) in [6, 6.07) is 7.51. The van der Waals surface area contributed by atoms with Crippen molar-refractivity contribution in [2.45, 2.75) is 44.1 Å². The van der Waals surface area contributed by atoms with Crippen molar-refractivity contribution in [3.8, 4) is 5.75 Å². The highest BCUT2D eigenvalue weighted by molar-refractivity contribution is 5.79. The summed E-state index contributed by atoms with van der Waals surface area (Å²) in [5.74, 6) is 3.13. The molecule has 2 N–H and O–H groups in total. The first-order valence-electron chi connectivity index (χ1n) is 10.6. The van der Waals surface area contributed by atoms with Gasteiger partial charge < -0.3 is 15.3 Å². The van der Waals surface area contributed by atoms with Gasteiger partial charge in [0.2, 0.25) is 5.91 Å². The third kappa shape index (κ3) is 3.42. The predicted octanol–water partition coefficient (Wildman–Crippen LogP) is 2.60. The van der Waals surface area contributed by atoms with Crippen LogP contribution in [0.4, 0.5) is 5.69 Å². The van der Waals surface area contributed by atoms with Crippen LogP contribution in [0.2, 0.25) is 0 Å². The van der Waals surface area contributed by atoms with Gasteiger partial charge in [-0.15, -0.1) is 0 Å². The highest BCUT2D eigenvalue weighted by Crippen LogP contribution is 2.55. The minimum absolute atomic E-state index is 0.115. The number of hydrogen-bond donors (Lipinski definition) is 2. The number of benzene rings is 1. The predicted molar refractivity (Wildman–Crippen MR) is 106 cm³/mol. The van der Waals surface area contributed by atoms with Crippen molar-refractivity contribution >= 4 is 11.6 Å². The van der Waals surface area contributed by atoms with Crippen LogP contribution in [0.25, 0.3) is 0 Å². The maximum atomic E-state index is 12.8. The number of nitrogens with one attached hydrogen (secondary N) is 1. The van der Waals surface area contributed by atoms with Gasteiger partial charge in [-0.1, -0.05) is 12.1 Å². The van der Waals surface area contributed by atoms with Crippen molar-refractivity contribution in [1.29, 1.82) is 0 Å². The van der Waals surface area contributed by atoms with Gasteiger partial charge in [0.05, 0.1) is 12.2 Å². The Labute approximate surface area is 161 Å². The first kappa shape index (κ1) is 17.4. The van der Waals surface area contributed by atoms with Crippen LogP contribution in [0.3, 0.4) is 0 Å². The second kappa shape index (κ2) is 6.69. The molecule has 1 amide bonds. The molecule has 1 aromatic carbocycles. The van der Waals surface area contributed by atoms with Crippen molar-refractivity contribution in [1.82, 2.24) is 10.2 Å². The fraction of sp³-hybridized carbons (Fsp3) is 0.682. The highest BCUT2D eigenvalue weighted by atomic mass is 16.3. The quantitative estimate of drug-likeness (QED) is 0.857. The lowest BCUT2D eigenvalue weighted by Gasteiger charge is -2.57. The van der Waals surface area contributed by atoms with Crippen LogP contribution in [0.15, 0.2) is 24.3 Å². The van der Waals surface area contributed by atoms with E-state index < -0.39 is 0 Å². The van der Waals surface area contributed by atoms with Crippen LogP contribution >= 0.6 is 0 Å². The Bertz CT molecular complexity index is 676. The summed E-state index contributed by atoms with van der Waals surface area (Å²) in [6.45, 7) is 3.94. The Balaban J connectivity index is 1.14. The molecule has 27 heavy (non-hydrogen) atoms. The second-order valence-electron chi connectivity index (χ2n) is 9.50. The van der Waals surface area contributed by atoms with Crippen LogP contribution in [0.1, 0.15) is 38.5 Å². The number of para-hydroxylation sites is 2. The third-order valence-electron chi connectivity index (χ3n) is 7.40. The summed E-state index contributed by atoms with van der Waals surface area (Å²) in [6.07, 6.45) is 7.86. The zero-order chi connectivity index (χ0) is 18.4. The molecule has 1 aliphatic heterocycles. The van der Waals surface area contributed by atoms with E-state index in [1.807, 2.05) is 18.2 Å². The number of hydrogen-bond acceptors (Lipinski definition) is 4. The van der Waals surface area contributed by atoms with Gasteiger partial charge in [-0.25, -0.2) is 0 Å². The Morgan fingerprint density at radius 1 is 1.00 bits per heavy atom. The number of phenolic OH excluding ortho intramolecular Hbond substituents is 1. The van der Waals surface area contributed by atoms with Crippen LogP contribution in [0, 0.1) is 17.8 Å². The molecule has 0 unspecified atom stereocenters. The number of carbonyl (C=O) groups excluding carboxylic acids is 1. The van der Waals surface area contributed by atoms with E-state index >= 15 is 0 Å². The first-order valence-corrected chi connectivity index (χ1v) is 10.6. The highest BCUT2D eigenvalue weighted by Gasteiger charge is 2.51. The molecule has 0 atom stereocenters. The molecule has 5 aliphatic rings. The van der Waals surface area contributed by atoms with E-state index in [2.05, 4.69) is 15.1 Å². The van der Waals surface area contributed by atoms with Crippen LogP contribution in [0.5, 0.6) is 5.75 Å². The molecular formula is C22H31N3O2. The summed E-state index contributed by atoms with van der Waals surface area (Å²) in [7, 11) is 0. The average Bonchev–Trinajstić information content (AvgIpc) is 2.61. The molecule has 4 aliphatic carbocycles. The van der Waals surface area contributed by atoms with Gasteiger partial charge in [-0.2, -0.15) is 0 Å². The second-order valence-corrected chi connectivity index (χ2v) is 9.50. The molecule has 1 saturated heterocycles. The summed E-state index contributed by atoms with van der Waals surface area (Å²) in [4.78, 5) is 17.3. The lowest BCUT2D eigenvalue weighted by Crippen LogP contribution is -2.61. The molecule has 0 spiro atoms. The fourth-order valence-corrected chi connectivity index (χ4v) is 6.68. The minimum Gasteiger partial charge on any atom is -0.506 e. The standard InChI is InChI=1S/C22H31N3O2/c26-20-4-2-1-3-19(20)25-7-5-24(6-8-25)15-21(27)23-22-12-16-9-17(13-22)11-18(10-16)14-22/h1-4,16-18,26H,5-15H2,(H,23,27). The molecule has 4 saturated carbocycles. The number of aromatic hydroxyl groups is 1. The Hall–Kier alpha value is -1.75. The molecule has 1 heterocycles. The zero-order valence-electron chi connectivity index (χ0n) is 16.1. The molecule has 4 bridgehead atoms. The maximum Gasteiger partial charge on any atom is 0.234 e. The van der Waals surface area contributed by atoms with Gasteiger partial charge in [0, 0.05) is 31.7 Å². The van der Waals surface area contributed by atoms with Gasteiger partial charge in [0.25, 0.3) is 0 Å². The number of nitrogens with zero attached hydrogens (tertiary/aromatic N) is 2. The van der Waals surface area contributed by atoms with Gasteiger partial charge >= 0.3 is 0 Å². The number of piperazine rings is 1. The number of amides is 1. The molecule has 146 valence electrons. The van der Waals surface area contributed by atoms with Crippen LogP contribution in [-0.4, -0.2) is 54.2 Å². The molecule has 5 fully saturated rings. The van der Waals surface area contributed by atoms with Crippen LogP contribution < -0.4 is 10.2 Å². The van der Waals surface area contributed by atoms with Gasteiger partial charge in [0.15, 0.2) is 0 Å². The largest absolute Gasteiger partial charge is 0.506 e. The molecule has 5 heteroatoms. The van der Waals surface area contributed by atoms with E-state index in [1.54, 1.807) is 6.07 Å². The molecule has 0 aromatic heterocycles. The van der Waals surface area contributed by atoms with E-state index in [1.165, 1.54) is 38.5 Å². The van der Waals surface area contributed by atoms with Gasteiger partial charge in [0.1, 0.15) is 5.75 Å². The Kier molecular flexibility index (Phi) is 4.30. The number of anilines is 1. The maximum absolute atomic E-state index is 12.8. The van der Waals surface area contributed by atoms with Crippen molar-refractivity contribution in [3.05, 3.63) is 24.3 Å². The summed E-state index contributed by atoms with van der Waals surface area (Å²) in [5, 5.41) is 13.5. The number of phenols is 1. The Morgan fingerprint density at radius 3 is 2.19 bits per heavy atom. The van der Waals surface area contributed by atoms with Crippen molar-refractivity contribution < 1.29 is 9.90 Å². The number of rotatable bonds is 4. The summed E-state index contributed by atoms with van der Waals surface area (Å²) < 4.78 is 0. The van der Waals surface area contributed by atoms with E-state index in [0.29, 0.717) is 12.3 Å². The summed E-state index contributed by atoms with van der Waals surface area (Å²) in [5.41, 5.74) is 1.01. The first-order chi connectivity index (χ1) is 13.1. The molecular weight excluding hydrogens is 338 g/mol. The SMILES string of the molecule is O=C(CN1CCN(c2ccccc2O)CC1)NC12CC3CC(CC(C3)C1)C2. The molecule has 6 rings (SSSR count). The molecule has 0 radical (unpaired) electrons. The lowest BCUT2D eigenvalue weighted by molar-refractivity contribution is -0.128. The summed E-state index contributed by atoms with van der Waals surface area (Å²) >= 11 is 0. The van der Waals surface area contributed by atoms with Gasteiger partial charge in [-0.05, 0) is 68.4 Å². The fourth-order valence-electron chi connectivity index (χ4n) is 6.68. The monoisotopic (exact) mass is 369 g/mol. The van der Waals surface area contributed by atoms with Crippen molar-refractivity contribution in [2.24, 2.45) is 17.8 Å². The van der Waals surface area contributed by atoms with E-state index in [4.69, 9.17) is 0 Å². The smallest absolute Gasteiger partial charge is 0.234 e. The third-order valence-corrected chi connectivity index (χ3v) is 7.40. The van der Waals surface area contributed by atoms with Crippen molar-refractivity contribution in [2.75, 3.05) is 37.6 Å². The zero-order valence-corrected chi connectivity index (χ0v) is 16.1. The molecule has 5 nitrogen and oxygen atoms in total. The van der Waals surface area contributed by atoms with Crippen molar-refractivity contribution in [3.63, 3.8) is 0 Å². The van der Waals surface area contributed by atoms with E-state index in [9.17, 15) is 9.90 Å². The topological polar surface area (TPSA) is 55.8 Å².